The third-order valence-electron chi connectivity index (χ3n) is 5.26. The van der Waals surface area contributed by atoms with E-state index < -0.39 is 32.3 Å². The molecule has 1 aliphatic rings. The highest BCUT2D eigenvalue weighted by atomic mass is 32.2. The maximum atomic E-state index is 12.7. The van der Waals surface area contributed by atoms with Crippen molar-refractivity contribution in [3.63, 3.8) is 0 Å². The van der Waals surface area contributed by atoms with Crippen LogP contribution in [0.2, 0.25) is 0 Å². The minimum absolute atomic E-state index is 0.0979. The van der Waals surface area contributed by atoms with Crippen LogP contribution in [0.3, 0.4) is 0 Å². The minimum Gasteiger partial charge on any atom is -0.444 e. The van der Waals surface area contributed by atoms with Crippen LogP contribution in [0.4, 0.5) is 16.2 Å². The highest BCUT2D eigenvalue weighted by Crippen LogP contribution is 2.27. The number of benzene rings is 1. The van der Waals surface area contributed by atoms with Gasteiger partial charge < -0.3 is 19.9 Å². The standard InChI is InChI=1S/C21H33N5O7S/c1-21(2,3)33-20(28)24(4)13-15-6-5-11-25(14-15)19(27)9-10-23-17-8-7-16(34(22,31)32)12-18(17)26(29)30/h7-8,12,15,23H,5-6,9-11,13-14H2,1-4H3,(H2,22,31,32). The molecule has 13 heteroatoms. The number of carbonyl (C=O) groups excluding carboxylic acids is 2. The molecule has 1 aliphatic heterocycles. The van der Waals surface area contributed by atoms with Crippen molar-refractivity contribution in [1.82, 2.24) is 9.80 Å². The molecule has 1 unspecified atom stereocenters. The number of primary sulfonamides is 1. The molecule has 1 heterocycles. The molecule has 0 aliphatic carbocycles. The molecule has 12 nitrogen and oxygen atoms in total. The van der Waals surface area contributed by atoms with Crippen LogP contribution in [0.1, 0.15) is 40.0 Å². The van der Waals surface area contributed by atoms with E-state index in [1.165, 1.54) is 17.0 Å². The van der Waals surface area contributed by atoms with Crippen LogP contribution in [0.5, 0.6) is 0 Å². The average Bonchev–Trinajstić information content (AvgIpc) is 2.71. The normalized spacial score (nSPS) is 16.6. The molecule has 0 aromatic heterocycles. The monoisotopic (exact) mass is 499 g/mol. The number of nitro groups is 1. The van der Waals surface area contributed by atoms with E-state index in [1.54, 1.807) is 32.7 Å². The number of carbonyl (C=O) groups is 2. The van der Waals surface area contributed by atoms with E-state index in [9.17, 15) is 28.1 Å². The molecule has 190 valence electrons. The lowest BCUT2D eigenvalue weighted by molar-refractivity contribution is -0.384. The van der Waals surface area contributed by atoms with Crippen molar-refractivity contribution in [3.8, 4) is 0 Å². The summed E-state index contributed by atoms with van der Waals surface area (Å²) in [5, 5.41) is 19.2. The Labute approximate surface area is 199 Å². The molecule has 0 bridgehead atoms. The van der Waals surface area contributed by atoms with Crippen molar-refractivity contribution in [3.05, 3.63) is 28.3 Å². The first-order valence-electron chi connectivity index (χ1n) is 10.9. The molecule has 1 saturated heterocycles. The molecule has 0 radical (unpaired) electrons. The van der Waals surface area contributed by atoms with Crippen molar-refractivity contribution in [2.24, 2.45) is 11.1 Å². The summed E-state index contributed by atoms with van der Waals surface area (Å²) in [6.07, 6.45) is 1.39. The van der Waals surface area contributed by atoms with E-state index in [0.29, 0.717) is 19.6 Å². The number of nitrogens with zero attached hydrogens (tertiary/aromatic N) is 3. The predicted octanol–water partition coefficient (Wildman–Crippen LogP) is 2.15. The first-order valence-corrected chi connectivity index (χ1v) is 12.5. The summed E-state index contributed by atoms with van der Waals surface area (Å²) in [5.74, 6) is 0.0101. The minimum atomic E-state index is -4.08. The van der Waals surface area contributed by atoms with Gasteiger partial charge in [0, 0.05) is 45.7 Å². The van der Waals surface area contributed by atoms with Gasteiger partial charge >= 0.3 is 6.09 Å². The number of anilines is 1. The molecule has 0 spiro atoms. The first-order chi connectivity index (χ1) is 15.7. The largest absolute Gasteiger partial charge is 0.444 e. The lowest BCUT2D eigenvalue weighted by Gasteiger charge is -2.35. The number of rotatable bonds is 8. The van der Waals surface area contributed by atoms with Crippen LogP contribution in [-0.2, 0) is 19.6 Å². The molecule has 1 fully saturated rings. The Bertz CT molecular complexity index is 1020. The van der Waals surface area contributed by atoms with Gasteiger partial charge in [0.05, 0.1) is 9.82 Å². The maximum Gasteiger partial charge on any atom is 0.410 e. The molecule has 1 atom stereocenters. The summed E-state index contributed by atoms with van der Waals surface area (Å²) in [4.78, 5) is 38.4. The Hall–Kier alpha value is -2.93. The quantitative estimate of drug-likeness (QED) is 0.405. The van der Waals surface area contributed by atoms with Crippen LogP contribution >= 0.6 is 0 Å². The third-order valence-corrected chi connectivity index (χ3v) is 6.17. The van der Waals surface area contributed by atoms with Gasteiger partial charge in [0.2, 0.25) is 15.9 Å². The third kappa shape index (κ3) is 8.13. The number of nitrogens with one attached hydrogen (secondary N) is 1. The number of sulfonamides is 1. The first kappa shape index (κ1) is 27.3. The second kappa shape index (κ2) is 11.0. The summed E-state index contributed by atoms with van der Waals surface area (Å²) in [5.41, 5.74) is -0.927. The van der Waals surface area contributed by atoms with Crippen molar-refractivity contribution < 1.29 is 27.7 Å². The van der Waals surface area contributed by atoms with E-state index >= 15 is 0 Å². The van der Waals surface area contributed by atoms with Crippen LogP contribution in [0.15, 0.2) is 23.1 Å². The van der Waals surface area contributed by atoms with Crippen LogP contribution in [0.25, 0.3) is 0 Å². The number of hydrogen-bond acceptors (Lipinski definition) is 8. The molecular formula is C21H33N5O7S. The Morgan fingerprint density at radius 2 is 2.03 bits per heavy atom. The van der Waals surface area contributed by atoms with Gasteiger partial charge in [-0.2, -0.15) is 0 Å². The average molecular weight is 500 g/mol. The Kier molecular flexibility index (Phi) is 8.83. The van der Waals surface area contributed by atoms with E-state index in [-0.39, 0.29) is 35.4 Å². The van der Waals surface area contributed by atoms with E-state index in [0.717, 1.165) is 18.9 Å². The molecule has 34 heavy (non-hydrogen) atoms. The number of piperidine rings is 1. The van der Waals surface area contributed by atoms with Gasteiger partial charge in [-0.3, -0.25) is 14.9 Å². The van der Waals surface area contributed by atoms with Crippen LogP contribution < -0.4 is 10.5 Å². The Balaban J connectivity index is 1.91. The topological polar surface area (TPSA) is 165 Å². The SMILES string of the molecule is CN(CC1CCCN(C(=O)CCNc2ccc(S(N)(=O)=O)cc2[N+](=O)[O-])C1)C(=O)OC(C)(C)C. The Morgan fingerprint density at radius 1 is 1.35 bits per heavy atom. The fourth-order valence-electron chi connectivity index (χ4n) is 3.69. The number of nitrogens with two attached hydrogens (primary N) is 1. The van der Waals surface area contributed by atoms with Gasteiger partial charge in [0.15, 0.2) is 0 Å². The number of ether oxygens (including phenoxy) is 1. The molecule has 1 aromatic carbocycles. The molecule has 2 rings (SSSR count). The fraction of sp³-hybridized carbons (Fsp3) is 0.619. The second-order valence-electron chi connectivity index (χ2n) is 9.37. The van der Waals surface area contributed by atoms with Gasteiger partial charge in [-0.05, 0) is 51.7 Å². The van der Waals surface area contributed by atoms with Crippen molar-refractivity contribution >= 4 is 33.4 Å². The van der Waals surface area contributed by atoms with Crippen molar-refractivity contribution in [2.75, 3.05) is 38.5 Å². The maximum absolute atomic E-state index is 12.7. The Morgan fingerprint density at radius 3 is 2.62 bits per heavy atom. The molecular weight excluding hydrogens is 466 g/mol. The zero-order chi connectivity index (χ0) is 25.7. The van der Waals surface area contributed by atoms with Crippen LogP contribution in [-0.4, -0.2) is 74.0 Å². The highest BCUT2D eigenvalue weighted by Gasteiger charge is 2.27. The van der Waals surface area contributed by atoms with Gasteiger partial charge in [-0.25, -0.2) is 18.4 Å². The molecule has 1 aromatic rings. The summed E-state index contributed by atoms with van der Waals surface area (Å²) in [6.45, 7) is 7.13. The fourth-order valence-corrected chi connectivity index (χ4v) is 4.23. The summed E-state index contributed by atoms with van der Waals surface area (Å²) in [7, 11) is -2.40. The van der Waals surface area contributed by atoms with E-state index in [4.69, 9.17) is 9.88 Å². The highest BCUT2D eigenvalue weighted by molar-refractivity contribution is 7.89. The molecule has 3 N–H and O–H groups in total. The zero-order valence-electron chi connectivity index (χ0n) is 19.9. The summed E-state index contributed by atoms with van der Waals surface area (Å²) >= 11 is 0. The number of nitro benzene ring substituents is 1. The van der Waals surface area contributed by atoms with Gasteiger partial charge in [-0.15, -0.1) is 0 Å². The van der Waals surface area contributed by atoms with E-state index in [2.05, 4.69) is 5.32 Å². The predicted molar refractivity (Wildman–Crippen MR) is 126 cm³/mol. The smallest absolute Gasteiger partial charge is 0.410 e. The number of hydrogen-bond donors (Lipinski definition) is 2. The summed E-state index contributed by atoms with van der Waals surface area (Å²) < 4.78 is 28.3. The van der Waals surface area contributed by atoms with Crippen molar-refractivity contribution in [2.45, 2.75) is 50.5 Å². The van der Waals surface area contributed by atoms with Crippen molar-refractivity contribution in [1.29, 1.82) is 0 Å². The van der Waals surface area contributed by atoms with Gasteiger partial charge in [0.25, 0.3) is 5.69 Å². The van der Waals surface area contributed by atoms with Gasteiger partial charge in [-0.1, -0.05) is 0 Å². The van der Waals surface area contributed by atoms with E-state index in [1.807, 2.05) is 0 Å². The lowest BCUT2D eigenvalue weighted by atomic mass is 9.97. The molecule has 0 saturated carbocycles. The zero-order valence-corrected chi connectivity index (χ0v) is 20.8. The van der Waals surface area contributed by atoms with Gasteiger partial charge in [0.1, 0.15) is 11.3 Å². The number of likely N-dealkylation sites (tertiary alicyclic amines) is 1. The summed E-state index contributed by atoms with van der Waals surface area (Å²) in [6, 6.07) is 3.31. The number of amides is 2. The lowest BCUT2D eigenvalue weighted by Crippen LogP contribution is -2.45. The molecule has 2 amide bonds. The second-order valence-corrected chi connectivity index (χ2v) is 10.9. The van der Waals surface area contributed by atoms with Crippen LogP contribution in [0, 0.1) is 16.0 Å².